The second-order valence-corrected chi connectivity index (χ2v) is 6.03. The molecule has 0 rings (SSSR count). The van der Waals surface area contributed by atoms with Crippen LogP contribution in [0.4, 0.5) is 92.2 Å². The fraction of sp³-hybridized carbons (Fsp3) is 0.750. The summed E-state index contributed by atoms with van der Waals surface area (Å²) < 4.78 is 271. The van der Waals surface area contributed by atoms with Crippen molar-refractivity contribution >= 4 is 5.97 Å². The third kappa shape index (κ3) is 4.00. The Hall–Kier alpha value is -2.26. The fourth-order valence-electron chi connectivity index (χ4n) is 1.73. The summed E-state index contributed by atoms with van der Waals surface area (Å²) in [6.07, 6.45) is -8.03. The molecular weight excluding hydrogens is 575 g/mol. The first-order valence-electron chi connectivity index (χ1n) is 7.15. The van der Waals surface area contributed by atoms with E-state index in [1.807, 2.05) is 0 Å². The first-order valence-corrected chi connectivity index (χ1v) is 7.15. The monoisotopic (exact) mass is 576 g/mol. The van der Waals surface area contributed by atoms with Gasteiger partial charge < -0.3 is 5.11 Å². The van der Waals surface area contributed by atoms with E-state index in [1.165, 1.54) is 0 Å². The van der Waals surface area contributed by atoms with Crippen LogP contribution in [-0.2, 0) is 4.79 Å². The van der Waals surface area contributed by atoms with Gasteiger partial charge in [0, 0.05) is 0 Å². The van der Waals surface area contributed by atoms with Crippen molar-refractivity contribution in [2.45, 2.75) is 53.6 Å². The Kier molecular flexibility index (Phi) is 7.60. The van der Waals surface area contributed by atoms with Crippen molar-refractivity contribution in [2.24, 2.45) is 0 Å². The number of hydrogen-bond donors (Lipinski definition) is 1. The van der Waals surface area contributed by atoms with Crippen LogP contribution in [0.25, 0.3) is 0 Å². The Morgan fingerprint density at radius 2 is 0.657 bits per heavy atom. The van der Waals surface area contributed by atoms with Gasteiger partial charge in [0.1, 0.15) is 0 Å². The van der Waals surface area contributed by atoms with Crippen molar-refractivity contribution in [3.63, 3.8) is 0 Å². The van der Waals surface area contributed by atoms with Gasteiger partial charge >= 0.3 is 59.5 Å². The zero-order valence-corrected chi connectivity index (χ0v) is 14.8. The molecule has 0 aliphatic rings. The molecular formula is C12HF21O2. The molecule has 0 saturated heterocycles. The van der Waals surface area contributed by atoms with Crippen molar-refractivity contribution in [1.29, 1.82) is 0 Å². The average molecular weight is 576 g/mol. The summed E-state index contributed by atoms with van der Waals surface area (Å²) in [6, 6.07) is 0. The summed E-state index contributed by atoms with van der Waals surface area (Å²) in [5.74, 6) is -83.5. The van der Waals surface area contributed by atoms with E-state index >= 15 is 0 Å². The van der Waals surface area contributed by atoms with E-state index in [-0.39, 0.29) is 0 Å². The Labute approximate surface area is 174 Å². The normalized spacial score (nSPS) is 16.8. The van der Waals surface area contributed by atoms with Crippen LogP contribution in [0, 0.1) is 0 Å². The molecule has 0 heterocycles. The molecule has 0 fully saturated rings. The fourth-order valence-corrected chi connectivity index (χ4v) is 1.73. The molecule has 0 unspecified atom stereocenters. The molecule has 0 atom stereocenters. The number of carboxylic acid groups (broad SMARTS) is 1. The molecule has 0 aliphatic carbocycles. The number of carbonyl (C=O) groups is 1. The quantitative estimate of drug-likeness (QED) is 0.241. The van der Waals surface area contributed by atoms with Crippen LogP contribution in [0.1, 0.15) is 0 Å². The van der Waals surface area contributed by atoms with E-state index < -0.39 is 71.2 Å². The van der Waals surface area contributed by atoms with Gasteiger partial charge in [-0.05, 0) is 0 Å². The number of carboxylic acids is 1. The number of halogens is 21. The van der Waals surface area contributed by atoms with Gasteiger partial charge in [-0.1, -0.05) is 0 Å². The molecule has 0 aromatic rings. The Morgan fingerprint density at radius 1 is 0.429 bits per heavy atom. The molecule has 0 amide bonds. The number of hydrogen-bond acceptors (Lipinski definition) is 1. The molecule has 0 aromatic carbocycles. The maximum Gasteiger partial charge on any atom is 0.460 e. The lowest BCUT2D eigenvalue weighted by Crippen LogP contribution is -2.75. The van der Waals surface area contributed by atoms with Crippen LogP contribution in [0.15, 0.2) is 11.7 Å². The van der Waals surface area contributed by atoms with Gasteiger partial charge in [0.25, 0.3) is 0 Å². The van der Waals surface area contributed by atoms with E-state index in [9.17, 15) is 97.0 Å². The van der Waals surface area contributed by atoms with Crippen molar-refractivity contribution in [3.8, 4) is 0 Å². The van der Waals surface area contributed by atoms with Crippen LogP contribution in [0.2, 0.25) is 0 Å². The van der Waals surface area contributed by atoms with Gasteiger partial charge in [0.2, 0.25) is 11.7 Å². The summed E-state index contributed by atoms with van der Waals surface area (Å²) >= 11 is 0. The summed E-state index contributed by atoms with van der Waals surface area (Å²) in [7, 11) is 0. The van der Waals surface area contributed by atoms with Gasteiger partial charge in [-0.15, -0.1) is 0 Å². The van der Waals surface area contributed by atoms with Crippen LogP contribution in [0.3, 0.4) is 0 Å². The predicted octanol–water partition coefficient (Wildman–Crippen LogP) is 6.87. The van der Waals surface area contributed by atoms with E-state index in [2.05, 4.69) is 0 Å². The molecule has 35 heavy (non-hydrogen) atoms. The minimum Gasteiger partial charge on any atom is -0.476 e. The lowest BCUT2D eigenvalue weighted by atomic mass is 9.87. The molecule has 23 heteroatoms. The van der Waals surface area contributed by atoms with E-state index in [4.69, 9.17) is 5.11 Å². The van der Waals surface area contributed by atoms with Crippen molar-refractivity contribution in [1.82, 2.24) is 0 Å². The highest BCUT2D eigenvalue weighted by molar-refractivity contribution is 5.84. The highest BCUT2D eigenvalue weighted by Gasteiger charge is 2.97. The molecule has 0 aliphatic heterocycles. The number of alkyl halides is 19. The molecule has 208 valence electrons. The van der Waals surface area contributed by atoms with Crippen LogP contribution < -0.4 is 0 Å². The van der Waals surface area contributed by atoms with Gasteiger partial charge in [0.05, 0.1) is 0 Å². The van der Waals surface area contributed by atoms with Gasteiger partial charge in [-0.3, -0.25) is 0 Å². The Bertz CT molecular complexity index is 862. The molecule has 0 aromatic heterocycles. The average Bonchev–Trinajstić information content (AvgIpc) is 2.64. The number of allylic oxidation sites excluding steroid dienone is 1. The molecule has 1 N–H and O–H groups in total. The maximum absolute atomic E-state index is 13.3. The lowest BCUT2D eigenvalue weighted by Gasteiger charge is -2.43. The predicted molar refractivity (Wildman–Crippen MR) is 62.5 cm³/mol. The van der Waals surface area contributed by atoms with Crippen molar-refractivity contribution in [3.05, 3.63) is 11.7 Å². The molecule has 0 bridgehead atoms. The maximum atomic E-state index is 13.3. The van der Waals surface area contributed by atoms with Crippen LogP contribution in [0.5, 0.6) is 0 Å². The van der Waals surface area contributed by atoms with Crippen molar-refractivity contribution in [2.75, 3.05) is 0 Å². The second kappa shape index (κ2) is 8.13. The smallest absolute Gasteiger partial charge is 0.460 e. The minimum atomic E-state index is -9.23. The van der Waals surface area contributed by atoms with Crippen LogP contribution in [-0.4, -0.2) is 64.6 Å². The van der Waals surface area contributed by atoms with Gasteiger partial charge in [-0.2, -0.15) is 87.8 Å². The van der Waals surface area contributed by atoms with Crippen LogP contribution >= 0.6 is 0 Å². The highest BCUT2D eigenvalue weighted by Crippen LogP contribution is 2.65. The summed E-state index contributed by atoms with van der Waals surface area (Å²) in [5.41, 5.74) is 0. The number of aliphatic carboxylic acids is 1. The summed E-state index contributed by atoms with van der Waals surface area (Å²) in [4.78, 5) is 9.88. The van der Waals surface area contributed by atoms with Gasteiger partial charge in [-0.25, -0.2) is 9.18 Å². The molecule has 0 radical (unpaired) electrons. The first-order chi connectivity index (χ1) is 14.8. The highest BCUT2D eigenvalue weighted by atomic mass is 19.4. The van der Waals surface area contributed by atoms with Gasteiger partial charge in [0.15, 0.2) is 0 Å². The molecule has 0 spiro atoms. The SMILES string of the molecule is O=C(O)/C(F)=C(\F)C(F)(F)C(F)(F)C(F)(F)C(F)(F)C(F)(F)C(F)(F)C(F)(F)C(F)(F)C(F)(F)F. The minimum absolute atomic E-state index is 3.67. The summed E-state index contributed by atoms with van der Waals surface area (Å²) in [5, 5.41) is 7.76. The lowest BCUT2D eigenvalue weighted by molar-refractivity contribution is -0.467. The molecule has 2 nitrogen and oxygen atoms in total. The standard InChI is InChI=1S/C12HF21O2/c13-1(3(34)35)2(14)4(15,16)5(17,18)6(19,20)7(21,22)8(23,24)9(25,26)10(27,28)11(29,30)12(31,32)33/h(H,34,35)/b2-1+. The van der Waals surface area contributed by atoms with E-state index in [0.29, 0.717) is 0 Å². The zero-order chi connectivity index (χ0) is 29.2. The Balaban J connectivity index is 7.15. The van der Waals surface area contributed by atoms with E-state index in [0.717, 1.165) is 0 Å². The third-order valence-electron chi connectivity index (χ3n) is 3.77. The number of rotatable bonds is 9. The van der Waals surface area contributed by atoms with E-state index in [1.54, 1.807) is 0 Å². The summed E-state index contributed by atoms with van der Waals surface area (Å²) in [6.45, 7) is 0. The first kappa shape index (κ1) is 32.7. The second-order valence-electron chi connectivity index (χ2n) is 6.03. The zero-order valence-electron chi connectivity index (χ0n) is 14.8. The third-order valence-corrected chi connectivity index (χ3v) is 3.77. The molecule has 0 saturated carbocycles. The largest absolute Gasteiger partial charge is 0.476 e. The Morgan fingerprint density at radius 3 is 0.886 bits per heavy atom. The van der Waals surface area contributed by atoms with Crippen molar-refractivity contribution < 1.29 is 102 Å². The topological polar surface area (TPSA) is 37.3 Å².